The fourth-order valence-corrected chi connectivity index (χ4v) is 1.17. The number of aromatic nitrogens is 1. The molecule has 0 aliphatic heterocycles. The lowest BCUT2D eigenvalue weighted by Crippen LogP contribution is -1.90. The van der Waals surface area contributed by atoms with E-state index in [0.717, 1.165) is 17.1 Å². The smallest absolute Gasteiger partial charge is 0.0415 e. The molecule has 1 aromatic heterocycles. The fourth-order valence-electron chi connectivity index (χ4n) is 1.17. The topological polar surface area (TPSA) is 50.9 Å². The van der Waals surface area contributed by atoms with Crippen LogP contribution < -0.4 is 11.1 Å². The molecule has 0 spiro atoms. The molecule has 0 saturated carbocycles. The summed E-state index contributed by atoms with van der Waals surface area (Å²) in [5, 5.41) is 3.24. The van der Waals surface area contributed by atoms with Crippen LogP contribution in [0.2, 0.25) is 0 Å². The second-order valence-electron chi connectivity index (χ2n) is 2.98. The molecule has 2 rings (SSSR count). The highest BCUT2D eigenvalue weighted by Crippen LogP contribution is 2.16. The van der Waals surface area contributed by atoms with Crippen molar-refractivity contribution in [2.75, 3.05) is 11.1 Å². The van der Waals surface area contributed by atoms with Gasteiger partial charge in [-0.1, -0.05) is 0 Å². The zero-order chi connectivity index (χ0) is 9.80. The van der Waals surface area contributed by atoms with Gasteiger partial charge in [0.2, 0.25) is 0 Å². The Morgan fingerprint density at radius 2 is 1.40 bits per heavy atom. The fraction of sp³-hybridized carbons (Fsp3) is 0. The number of pyridine rings is 1. The van der Waals surface area contributed by atoms with E-state index in [2.05, 4.69) is 10.3 Å². The van der Waals surface area contributed by atoms with Crippen molar-refractivity contribution in [2.24, 2.45) is 0 Å². The van der Waals surface area contributed by atoms with E-state index >= 15 is 0 Å². The molecule has 0 atom stereocenters. The van der Waals surface area contributed by atoms with Crippen molar-refractivity contribution in [1.29, 1.82) is 0 Å². The van der Waals surface area contributed by atoms with Crippen molar-refractivity contribution in [1.82, 2.24) is 4.98 Å². The number of nitrogens with one attached hydrogen (secondary N) is 1. The second-order valence-corrected chi connectivity index (χ2v) is 2.98. The summed E-state index contributed by atoms with van der Waals surface area (Å²) >= 11 is 0. The van der Waals surface area contributed by atoms with Gasteiger partial charge in [0.25, 0.3) is 0 Å². The molecule has 4 heteroatoms. The Bertz CT molecular complexity index is 400. The molecule has 0 radical (unpaired) electrons. The lowest BCUT2D eigenvalue weighted by molar-refractivity contribution is 1.32. The third-order valence-electron chi connectivity index (χ3n) is 1.88. The van der Waals surface area contributed by atoms with E-state index in [1.807, 2.05) is 36.4 Å². The molecule has 1 aromatic carbocycles. The Balaban J connectivity index is 0.00000112. The molecule has 0 aliphatic rings. The molecule has 78 valence electrons. The number of hydrogen-bond donors (Lipinski definition) is 2. The van der Waals surface area contributed by atoms with Crippen LogP contribution in [0.25, 0.3) is 0 Å². The van der Waals surface area contributed by atoms with Gasteiger partial charge in [0.1, 0.15) is 0 Å². The largest absolute Gasteiger partial charge is 0.399 e. The summed E-state index contributed by atoms with van der Waals surface area (Å²) in [5.74, 6) is 0. The first kappa shape index (κ1) is 11.3. The van der Waals surface area contributed by atoms with Gasteiger partial charge >= 0.3 is 0 Å². The average molecular weight is 222 g/mol. The van der Waals surface area contributed by atoms with Crippen molar-refractivity contribution < 1.29 is 0 Å². The predicted molar refractivity (Wildman–Crippen MR) is 65.6 cm³/mol. The highest BCUT2D eigenvalue weighted by Gasteiger charge is 1.92. The van der Waals surface area contributed by atoms with Gasteiger partial charge in [-0.15, -0.1) is 12.4 Å². The summed E-state index contributed by atoms with van der Waals surface area (Å²) in [6, 6.07) is 11.4. The normalized spacial score (nSPS) is 9.07. The van der Waals surface area contributed by atoms with E-state index in [0.29, 0.717) is 0 Å². The maximum Gasteiger partial charge on any atom is 0.0415 e. The van der Waals surface area contributed by atoms with Crippen molar-refractivity contribution in [3.05, 3.63) is 48.8 Å². The van der Waals surface area contributed by atoms with Crippen LogP contribution in [0, 0.1) is 0 Å². The number of halogens is 1. The summed E-state index contributed by atoms with van der Waals surface area (Å²) < 4.78 is 0. The van der Waals surface area contributed by atoms with Crippen LogP contribution in [-0.4, -0.2) is 4.98 Å². The summed E-state index contributed by atoms with van der Waals surface area (Å²) in [6.45, 7) is 0. The van der Waals surface area contributed by atoms with E-state index in [9.17, 15) is 0 Å². The van der Waals surface area contributed by atoms with Crippen molar-refractivity contribution in [2.45, 2.75) is 0 Å². The standard InChI is InChI=1S/C11H11N3.ClH/c12-9-1-3-10(4-2-9)14-11-5-7-13-8-6-11;/h1-8H,12H2,(H,13,14);1H. The molecule has 0 amide bonds. The van der Waals surface area contributed by atoms with Gasteiger partial charge in [0, 0.05) is 29.5 Å². The van der Waals surface area contributed by atoms with Crippen molar-refractivity contribution >= 4 is 29.5 Å². The highest BCUT2D eigenvalue weighted by molar-refractivity contribution is 5.85. The number of benzene rings is 1. The number of rotatable bonds is 2. The van der Waals surface area contributed by atoms with Gasteiger partial charge in [-0.25, -0.2) is 0 Å². The zero-order valence-electron chi connectivity index (χ0n) is 8.05. The first-order valence-electron chi connectivity index (χ1n) is 4.37. The zero-order valence-corrected chi connectivity index (χ0v) is 8.87. The molecular formula is C11H12ClN3. The lowest BCUT2D eigenvalue weighted by Gasteiger charge is -2.05. The van der Waals surface area contributed by atoms with Gasteiger partial charge in [0.05, 0.1) is 0 Å². The maximum absolute atomic E-state index is 5.58. The van der Waals surface area contributed by atoms with E-state index in [4.69, 9.17) is 5.73 Å². The van der Waals surface area contributed by atoms with Crippen LogP contribution >= 0.6 is 12.4 Å². The summed E-state index contributed by atoms with van der Waals surface area (Å²) in [6.07, 6.45) is 3.50. The summed E-state index contributed by atoms with van der Waals surface area (Å²) in [7, 11) is 0. The average Bonchev–Trinajstić information content (AvgIpc) is 2.23. The number of nitrogens with two attached hydrogens (primary N) is 1. The highest BCUT2D eigenvalue weighted by atomic mass is 35.5. The van der Waals surface area contributed by atoms with Gasteiger partial charge in [-0.3, -0.25) is 4.98 Å². The number of hydrogen-bond acceptors (Lipinski definition) is 3. The van der Waals surface area contributed by atoms with E-state index in [1.165, 1.54) is 0 Å². The van der Waals surface area contributed by atoms with Crippen LogP contribution in [-0.2, 0) is 0 Å². The minimum atomic E-state index is 0. The Kier molecular flexibility index (Phi) is 3.94. The number of anilines is 3. The molecule has 1 heterocycles. The predicted octanol–water partition coefficient (Wildman–Crippen LogP) is 2.83. The first-order valence-corrected chi connectivity index (χ1v) is 4.37. The monoisotopic (exact) mass is 221 g/mol. The maximum atomic E-state index is 5.58. The Morgan fingerprint density at radius 3 is 2.00 bits per heavy atom. The van der Waals surface area contributed by atoms with Gasteiger partial charge in [-0.05, 0) is 36.4 Å². The van der Waals surface area contributed by atoms with Crippen LogP contribution in [0.4, 0.5) is 17.1 Å². The molecule has 0 bridgehead atoms. The SMILES string of the molecule is Cl.Nc1ccc(Nc2ccncc2)cc1. The Labute approximate surface area is 94.8 Å². The molecule has 3 N–H and O–H groups in total. The minimum absolute atomic E-state index is 0. The van der Waals surface area contributed by atoms with Gasteiger partial charge in [0.15, 0.2) is 0 Å². The quantitative estimate of drug-likeness (QED) is 0.767. The molecule has 0 fully saturated rings. The Hall–Kier alpha value is -1.74. The van der Waals surface area contributed by atoms with Gasteiger partial charge < -0.3 is 11.1 Å². The second kappa shape index (κ2) is 5.22. The number of nitrogen functional groups attached to an aromatic ring is 1. The molecule has 0 saturated heterocycles. The molecule has 15 heavy (non-hydrogen) atoms. The molecule has 2 aromatic rings. The molecule has 0 aliphatic carbocycles. The summed E-state index contributed by atoms with van der Waals surface area (Å²) in [4.78, 5) is 3.94. The summed E-state index contributed by atoms with van der Waals surface area (Å²) in [5.41, 5.74) is 8.39. The first-order chi connectivity index (χ1) is 6.84. The number of nitrogens with zero attached hydrogens (tertiary/aromatic N) is 1. The van der Waals surface area contributed by atoms with Gasteiger partial charge in [-0.2, -0.15) is 0 Å². The molecule has 3 nitrogen and oxygen atoms in total. The Morgan fingerprint density at radius 1 is 0.867 bits per heavy atom. The van der Waals surface area contributed by atoms with E-state index in [1.54, 1.807) is 12.4 Å². The van der Waals surface area contributed by atoms with E-state index in [-0.39, 0.29) is 12.4 Å². The molecular weight excluding hydrogens is 210 g/mol. The minimum Gasteiger partial charge on any atom is -0.399 e. The van der Waals surface area contributed by atoms with E-state index < -0.39 is 0 Å². The van der Waals surface area contributed by atoms with Crippen molar-refractivity contribution in [3.63, 3.8) is 0 Å². The van der Waals surface area contributed by atoms with Crippen LogP contribution in [0.15, 0.2) is 48.8 Å². The lowest BCUT2D eigenvalue weighted by atomic mass is 10.3. The van der Waals surface area contributed by atoms with Crippen LogP contribution in [0.1, 0.15) is 0 Å². The van der Waals surface area contributed by atoms with Crippen LogP contribution in [0.5, 0.6) is 0 Å². The van der Waals surface area contributed by atoms with Crippen LogP contribution in [0.3, 0.4) is 0 Å². The third kappa shape index (κ3) is 3.14. The third-order valence-corrected chi connectivity index (χ3v) is 1.88. The molecule has 0 unspecified atom stereocenters. The van der Waals surface area contributed by atoms with Crippen molar-refractivity contribution in [3.8, 4) is 0 Å².